The van der Waals surface area contributed by atoms with Crippen LogP contribution in [0.1, 0.15) is 28.2 Å². The first-order chi connectivity index (χ1) is 8.56. The number of carbonyl (C=O) groups excluding carboxylic acids is 1. The largest absolute Gasteiger partial charge is 0.399 e. The summed E-state index contributed by atoms with van der Waals surface area (Å²) in [7, 11) is 0. The maximum atomic E-state index is 12.0. The summed E-state index contributed by atoms with van der Waals surface area (Å²) < 4.78 is 0.718. The Kier molecular flexibility index (Phi) is 3.89. The molecule has 0 aliphatic rings. The van der Waals surface area contributed by atoms with Crippen LogP contribution < -0.4 is 11.1 Å². The van der Waals surface area contributed by atoms with Crippen molar-refractivity contribution in [2.75, 3.05) is 5.73 Å². The van der Waals surface area contributed by atoms with Gasteiger partial charge in [-0.2, -0.15) is 0 Å². The van der Waals surface area contributed by atoms with Crippen LogP contribution in [0.15, 0.2) is 36.4 Å². The molecular weight excluding hydrogens is 268 g/mol. The summed E-state index contributed by atoms with van der Waals surface area (Å²) in [5, 5.41) is 2.91. The highest BCUT2D eigenvalue weighted by molar-refractivity contribution is 7.16. The van der Waals surface area contributed by atoms with Crippen LogP contribution in [-0.2, 0) is 0 Å². The average Bonchev–Trinajstić information content (AvgIpc) is 2.76. The molecule has 1 aromatic heterocycles. The third-order valence-electron chi connectivity index (χ3n) is 2.52. The smallest absolute Gasteiger partial charge is 0.251 e. The van der Waals surface area contributed by atoms with Gasteiger partial charge in [0, 0.05) is 16.1 Å². The number of anilines is 1. The third-order valence-corrected chi connectivity index (χ3v) is 3.93. The zero-order valence-corrected chi connectivity index (χ0v) is 11.4. The van der Waals surface area contributed by atoms with E-state index in [1.54, 1.807) is 24.3 Å². The lowest BCUT2D eigenvalue weighted by molar-refractivity contribution is 0.0940. The Labute approximate surface area is 115 Å². The number of nitrogens with one attached hydrogen (secondary N) is 1. The number of thiophene rings is 1. The molecule has 5 heteroatoms. The van der Waals surface area contributed by atoms with Gasteiger partial charge in [-0.15, -0.1) is 11.3 Å². The standard InChI is InChI=1S/C13H13ClN2OS/c1-8(11-5-6-12(14)18-11)16-13(17)9-3-2-4-10(15)7-9/h2-8H,15H2,1H3,(H,16,17). The molecule has 3 N–H and O–H groups in total. The van der Waals surface area contributed by atoms with Crippen molar-refractivity contribution in [1.29, 1.82) is 0 Å². The highest BCUT2D eigenvalue weighted by Gasteiger charge is 2.13. The molecule has 1 heterocycles. The van der Waals surface area contributed by atoms with E-state index >= 15 is 0 Å². The molecule has 0 aliphatic carbocycles. The van der Waals surface area contributed by atoms with Crippen molar-refractivity contribution in [3.05, 3.63) is 51.2 Å². The maximum absolute atomic E-state index is 12.0. The highest BCUT2D eigenvalue weighted by Crippen LogP contribution is 2.26. The molecule has 1 aromatic carbocycles. The van der Waals surface area contributed by atoms with Crippen LogP contribution in [0.3, 0.4) is 0 Å². The lowest BCUT2D eigenvalue weighted by atomic mass is 10.1. The summed E-state index contributed by atoms with van der Waals surface area (Å²) in [6.45, 7) is 1.92. The number of benzene rings is 1. The van der Waals surface area contributed by atoms with E-state index in [2.05, 4.69) is 5.32 Å². The average molecular weight is 281 g/mol. The normalized spacial score (nSPS) is 12.1. The zero-order valence-electron chi connectivity index (χ0n) is 9.81. The molecule has 2 aromatic rings. The topological polar surface area (TPSA) is 55.1 Å². The number of hydrogen-bond donors (Lipinski definition) is 2. The summed E-state index contributed by atoms with van der Waals surface area (Å²) in [6.07, 6.45) is 0. The summed E-state index contributed by atoms with van der Waals surface area (Å²) in [4.78, 5) is 13.0. The molecule has 0 bridgehead atoms. The van der Waals surface area contributed by atoms with Crippen molar-refractivity contribution in [2.24, 2.45) is 0 Å². The lowest BCUT2D eigenvalue weighted by Gasteiger charge is -2.12. The summed E-state index contributed by atoms with van der Waals surface area (Å²) >= 11 is 7.33. The fourth-order valence-corrected chi connectivity index (χ4v) is 2.66. The Hall–Kier alpha value is -1.52. The molecule has 0 radical (unpaired) electrons. The number of amides is 1. The van der Waals surface area contributed by atoms with E-state index in [0.717, 1.165) is 9.21 Å². The van der Waals surface area contributed by atoms with Crippen molar-refractivity contribution in [3.8, 4) is 0 Å². The Morgan fingerprint density at radius 3 is 2.78 bits per heavy atom. The number of nitrogen functional groups attached to an aromatic ring is 1. The number of carbonyl (C=O) groups is 1. The Morgan fingerprint density at radius 2 is 2.17 bits per heavy atom. The quantitative estimate of drug-likeness (QED) is 0.846. The van der Waals surface area contributed by atoms with Gasteiger partial charge in [-0.1, -0.05) is 17.7 Å². The molecule has 94 valence electrons. The van der Waals surface area contributed by atoms with E-state index in [-0.39, 0.29) is 11.9 Å². The molecule has 0 saturated heterocycles. The molecular formula is C13H13ClN2OS. The molecule has 18 heavy (non-hydrogen) atoms. The second-order valence-corrected chi connectivity index (χ2v) is 5.71. The first kappa shape index (κ1) is 12.9. The summed E-state index contributed by atoms with van der Waals surface area (Å²) in [5.74, 6) is -0.140. The van der Waals surface area contributed by atoms with Gasteiger partial charge in [-0.05, 0) is 37.3 Å². The zero-order chi connectivity index (χ0) is 13.1. The predicted molar refractivity (Wildman–Crippen MR) is 76.1 cm³/mol. The number of rotatable bonds is 3. The van der Waals surface area contributed by atoms with Crippen molar-refractivity contribution >= 4 is 34.5 Å². The van der Waals surface area contributed by atoms with Crippen molar-refractivity contribution in [1.82, 2.24) is 5.32 Å². The predicted octanol–water partition coefficient (Wildman–Crippen LogP) is 3.47. The van der Waals surface area contributed by atoms with Crippen molar-refractivity contribution < 1.29 is 4.79 Å². The molecule has 0 fully saturated rings. The van der Waals surface area contributed by atoms with Crippen LogP contribution in [0.2, 0.25) is 4.34 Å². The van der Waals surface area contributed by atoms with Gasteiger partial charge in [0.2, 0.25) is 0 Å². The molecule has 3 nitrogen and oxygen atoms in total. The number of hydrogen-bond acceptors (Lipinski definition) is 3. The van der Waals surface area contributed by atoms with Crippen LogP contribution in [0, 0.1) is 0 Å². The minimum absolute atomic E-state index is 0.0727. The molecule has 1 atom stereocenters. The van der Waals surface area contributed by atoms with Gasteiger partial charge < -0.3 is 11.1 Å². The first-order valence-electron chi connectivity index (χ1n) is 5.48. The SMILES string of the molecule is CC(NC(=O)c1cccc(N)c1)c1ccc(Cl)s1. The molecule has 1 amide bonds. The second-order valence-electron chi connectivity index (χ2n) is 3.96. The number of nitrogens with two attached hydrogens (primary N) is 1. The molecule has 0 aliphatic heterocycles. The minimum Gasteiger partial charge on any atom is -0.399 e. The third kappa shape index (κ3) is 3.03. The van der Waals surface area contributed by atoms with Gasteiger partial charge in [0.05, 0.1) is 10.4 Å². The Morgan fingerprint density at radius 1 is 1.39 bits per heavy atom. The lowest BCUT2D eigenvalue weighted by Crippen LogP contribution is -2.26. The van der Waals surface area contributed by atoms with E-state index < -0.39 is 0 Å². The van der Waals surface area contributed by atoms with E-state index in [9.17, 15) is 4.79 Å². The van der Waals surface area contributed by atoms with Crippen LogP contribution >= 0.6 is 22.9 Å². The van der Waals surface area contributed by atoms with Crippen LogP contribution in [-0.4, -0.2) is 5.91 Å². The maximum Gasteiger partial charge on any atom is 0.251 e. The first-order valence-corrected chi connectivity index (χ1v) is 6.67. The van der Waals surface area contributed by atoms with Crippen LogP contribution in [0.4, 0.5) is 5.69 Å². The Bertz CT molecular complexity index is 568. The summed E-state index contributed by atoms with van der Waals surface area (Å²) in [6, 6.07) is 10.6. The second kappa shape index (κ2) is 5.42. The van der Waals surface area contributed by atoms with Crippen molar-refractivity contribution in [3.63, 3.8) is 0 Å². The fraction of sp³-hybridized carbons (Fsp3) is 0.154. The van der Waals surface area contributed by atoms with Gasteiger partial charge >= 0.3 is 0 Å². The van der Waals surface area contributed by atoms with E-state index in [1.807, 2.05) is 19.1 Å². The van der Waals surface area contributed by atoms with Gasteiger partial charge in [-0.3, -0.25) is 4.79 Å². The number of halogens is 1. The molecule has 0 spiro atoms. The van der Waals surface area contributed by atoms with Crippen LogP contribution in [0.25, 0.3) is 0 Å². The highest BCUT2D eigenvalue weighted by atomic mass is 35.5. The molecule has 0 saturated carbocycles. The summed E-state index contributed by atoms with van der Waals surface area (Å²) in [5.41, 5.74) is 6.78. The van der Waals surface area contributed by atoms with E-state index in [0.29, 0.717) is 11.3 Å². The molecule has 1 unspecified atom stereocenters. The molecule has 2 rings (SSSR count). The van der Waals surface area contributed by atoms with E-state index in [1.165, 1.54) is 11.3 Å². The van der Waals surface area contributed by atoms with Gasteiger partial charge in [0.15, 0.2) is 0 Å². The monoisotopic (exact) mass is 280 g/mol. The Balaban J connectivity index is 2.08. The van der Waals surface area contributed by atoms with E-state index in [4.69, 9.17) is 17.3 Å². The van der Waals surface area contributed by atoms with Crippen molar-refractivity contribution in [2.45, 2.75) is 13.0 Å². The van der Waals surface area contributed by atoms with Gasteiger partial charge in [-0.25, -0.2) is 0 Å². The van der Waals surface area contributed by atoms with Gasteiger partial charge in [0.25, 0.3) is 5.91 Å². The fourth-order valence-electron chi connectivity index (χ4n) is 1.59. The minimum atomic E-state index is -0.140. The van der Waals surface area contributed by atoms with Crippen LogP contribution in [0.5, 0.6) is 0 Å². The van der Waals surface area contributed by atoms with Gasteiger partial charge in [0.1, 0.15) is 0 Å².